The summed E-state index contributed by atoms with van der Waals surface area (Å²) in [6, 6.07) is 33.7. The number of cyclic esters (lactones) is 2. The summed E-state index contributed by atoms with van der Waals surface area (Å²) >= 11 is 1.70. The third-order valence-corrected chi connectivity index (χ3v) is 8.77. The van der Waals surface area contributed by atoms with Crippen molar-refractivity contribution in [3.8, 4) is 0 Å². The lowest BCUT2D eigenvalue weighted by molar-refractivity contribution is -0.134. The van der Waals surface area contributed by atoms with Crippen LogP contribution in [0.1, 0.15) is 29.7 Å². The first-order valence-corrected chi connectivity index (χ1v) is 16.2. The van der Waals surface area contributed by atoms with Gasteiger partial charge in [-0.2, -0.15) is 0 Å². The number of hydrogen-bond acceptors (Lipinski definition) is 7. The number of rotatable bonds is 6. The summed E-state index contributed by atoms with van der Waals surface area (Å²) in [5, 5.41) is 0. The molecule has 0 unspecified atom stereocenters. The predicted octanol–water partition coefficient (Wildman–Crippen LogP) is 7.07. The van der Waals surface area contributed by atoms with E-state index in [9.17, 15) is 18.0 Å². The number of carbonyl (C=O) groups excluding carboxylic acids is 2. The van der Waals surface area contributed by atoms with Gasteiger partial charge in [0.25, 0.3) is 0 Å². The average Bonchev–Trinajstić information content (AvgIpc) is 3.60. The summed E-state index contributed by atoms with van der Waals surface area (Å²) in [5.41, 5.74) is 6.51. The van der Waals surface area contributed by atoms with Crippen LogP contribution in [0.2, 0.25) is 0 Å². The summed E-state index contributed by atoms with van der Waals surface area (Å²) in [6.07, 6.45) is 3.21. The zero-order valence-electron chi connectivity index (χ0n) is 23.1. The molecular weight excluding hydrogens is 581 g/mol. The SMILES string of the molecule is C.CS(=O)(=O)c1ccc(C2=C(c3ccccc3)C(=O)OC2)cc1.CSc1ccc(C2=C(c3ccccc3)C(=O)OC2)cc1. The van der Waals surface area contributed by atoms with Crippen LogP contribution >= 0.6 is 11.8 Å². The lowest BCUT2D eigenvalue weighted by atomic mass is 9.97. The first-order chi connectivity index (χ1) is 20.3. The lowest BCUT2D eigenvalue weighted by Gasteiger charge is -2.05. The van der Waals surface area contributed by atoms with Crippen LogP contribution in [0.3, 0.4) is 0 Å². The van der Waals surface area contributed by atoms with Crippen molar-refractivity contribution < 1.29 is 27.5 Å². The van der Waals surface area contributed by atoms with E-state index in [4.69, 9.17) is 9.47 Å². The average molecular weight is 613 g/mol. The molecule has 0 radical (unpaired) electrons. The molecule has 2 aliphatic heterocycles. The van der Waals surface area contributed by atoms with Gasteiger partial charge in [0.15, 0.2) is 9.84 Å². The lowest BCUT2D eigenvalue weighted by Crippen LogP contribution is -1.98. The van der Waals surface area contributed by atoms with Crippen molar-refractivity contribution in [2.75, 3.05) is 25.7 Å². The summed E-state index contributed by atoms with van der Waals surface area (Å²) in [6.45, 7) is 0.545. The van der Waals surface area contributed by atoms with E-state index in [-0.39, 0.29) is 30.9 Å². The molecule has 6 rings (SSSR count). The van der Waals surface area contributed by atoms with E-state index in [1.807, 2.05) is 79.1 Å². The quantitative estimate of drug-likeness (QED) is 0.170. The molecule has 0 saturated heterocycles. The molecule has 0 aliphatic carbocycles. The summed E-state index contributed by atoms with van der Waals surface area (Å²) in [5.74, 6) is -0.589. The molecule has 4 aromatic rings. The van der Waals surface area contributed by atoms with Gasteiger partial charge in [0.1, 0.15) is 13.2 Å². The molecule has 0 atom stereocenters. The molecule has 6 nitrogen and oxygen atoms in total. The molecule has 2 aliphatic rings. The third kappa shape index (κ3) is 7.16. The number of hydrogen-bond donors (Lipinski definition) is 0. The van der Waals surface area contributed by atoms with Crippen molar-refractivity contribution in [2.45, 2.75) is 17.2 Å². The molecule has 2 heterocycles. The van der Waals surface area contributed by atoms with Gasteiger partial charge >= 0.3 is 11.9 Å². The number of carbonyl (C=O) groups is 2. The molecule has 0 N–H and O–H groups in total. The monoisotopic (exact) mass is 612 g/mol. The largest absolute Gasteiger partial charge is 0.457 e. The minimum atomic E-state index is -3.23. The van der Waals surface area contributed by atoms with E-state index in [0.29, 0.717) is 17.8 Å². The molecular formula is C35H32O6S2. The van der Waals surface area contributed by atoms with Crippen molar-refractivity contribution >= 4 is 55.8 Å². The van der Waals surface area contributed by atoms with E-state index in [1.54, 1.807) is 36.0 Å². The minimum absolute atomic E-state index is 0. The van der Waals surface area contributed by atoms with Crippen LogP contribution in [-0.4, -0.2) is 46.1 Å². The zero-order chi connectivity index (χ0) is 29.7. The first kappa shape index (κ1) is 31.5. The van der Waals surface area contributed by atoms with Crippen LogP contribution in [0.15, 0.2) is 119 Å². The Morgan fingerprint density at radius 2 is 0.977 bits per heavy atom. The molecule has 0 bridgehead atoms. The van der Waals surface area contributed by atoms with Crippen LogP contribution in [0.4, 0.5) is 0 Å². The smallest absolute Gasteiger partial charge is 0.339 e. The molecule has 43 heavy (non-hydrogen) atoms. The Bertz CT molecular complexity index is 1770. The van der Waals surface area contributed by atoms with E-state index in [1.165, 1.54) is 11.2 Å². The third-order valence-electron chi connectivity index (χ3n) is 6.90. The highest BCUT2D eigenvalue weighted by molar-refractivity contribution is 7.98. The standard InChI is InChI=1S/C17H14O4S.C17H14O2S.CH4/c1-22(19,20)14-9-7-12(8-10-14)15-11-21-17(18)16(15)13-5-3-2-4-6-13;1-20-14-9-7-12(8-10-14)15-11-19-17(18)16(15)13-5-3-2-4-6-13;/h2-10H,11H2,1H3;2-10H,11H2,1H3;1H4. The highest BCUT2D eigenvalue weighted by Crippen LogP contribution is 2.34. The van der Waals surface area contributed by atoms with Gasteiger partial charge in [-0.3, -0.25) is 0 Å². The molecule has 220 valence electrons. The molecule has 4 aromatic carbocycles. The van der Waals surface area contributed by atoms with Crippen molar-refractivity contribution in [2.24, 2.45) is 0 Å². The Labute approximate surface area is 257 Å². The molecule has 0 fully saturated rings. The van der Waals surface area contributed by atoms with Gasteiger partial charge in [-0.05, 0) is 52.8 Å². The van der Waals surface area contributed by atoms with Gasteiger partial charge in [-0.1, -0.05) is 92.4 Å². The van der Waals surface area contributed by atoms with Crippen LogP contribution in [0, 0.1) is 0 Å². The zero-order valence-corrected chi connectivity index (χ0v) is 24.7. The second kappa shape index (κ2) is 13.7. The number of sulfone groups is 1. The Morgan fingerprint density at radius 1 is 0.581 bits per heavy atom. The summed E-state index contributed by atoms with van der Waals surface area (Å²) < 4.78 is 33.4. The van der Waals surface area contributed by atoms with Crippen LogP contribution < -0.4 is 0 Å². The van der Waals surface area contributed by atoms with Crippen LogP contribution in [0.25, 0.3) is 22.3 Å². The van der Waals surface area contributed by atoms with Crippen molar-refractivity contribution in [1.29, 1.82) is 0 Å². The van der Waals surface area contributed by atoms with E-state index < -0.39 is 9.84 Å². The fourth-order valence-electron chi connectivity index (χ4n) is 4.76. The van der Waals surface area contributed by atoms with Crippen molar-refractivity contribution in [3.05, 3.63) is 131 Å². The van der Waals surface area contributed by atoms with Gasteiger partial charge in [-0.25, -0.2) is 18.0 Å². The second-order valence-electron chi connectivity index (χ2n) is 9.62. The Balaban J connectivity index is 0.000000193. The fraction of sp³-hybridized carbons (Fsp3) is 0.143. The van der Waals surface area contributed by atoms with E-state index >= 15 is 0 Å². The Hall–Kier alpha value is -4.40. The van der Waals surface area contributed by atoms with Crippen molar-refractivity contribution in [1.82, 2.24) is 0 Å². The van der Waals surface area contributed by atoms with Crippen LogP contribution in [0.5, 0.6) is 0 Å². The van der Waals surface area contributed by atoms with E-state index in [2.05, 4.69) is 12.1 Å². The fourth-order valence-corrected chi connectivity index (χ4v) is 5.79. The second-order valence-corrected chi connectivity index (χ2v) is 12.5. The molecule has 0 amide bonds. The number of esters is 2. The summed E-state index contributed by atoms with van der Waals surface area (Å²) in [4.78, 5) is 25.5. The normalized spacial score (nSPS) is 14.5. The Morgan fingerprint density at radius 3 is 1.35 bits per heavy atom. The van der Waals surface area contributed by atoms with Gasteiger partial charge < -0.3 is 9.47 Å². The molecule has 0 spiro atoms. The maximum atomic E-state index is 12.0. The Kier molecular flexibility index (Phi) is 10.1. The van der Waals surface area contributed by atoms with Gasteiger partial charge in [0, 0.05) is 22.3 Å². The molecule has 0 saturated carbocycles. The topological polar surface area (TPSA) is 86.7 Å². The van der Waals surface area contributed by atoms with Gasteiger partial charge in [0.05, 0.1) is 16.0 Å². The predicted molar refractivity (Wildman–Crippen MR) is 173 cm³/mol. The number of thioether (sulfide) groups is 1. The van der Waals surface area contributed by atoms with Crippen molar-refractivity contribution in [3.63, 3.8) is 0 Å². The maximum absolute atomic E-state index is 12.0. The molecule has 8 heteroatoms. The van der Waals surface area contributed by atoms with Gasteiger partial charge in [0.2, 0.25) is 0 Å². The number of ether oxygens (including phenoxy) is 2. The van der Waals surface area contributed by atoms with Crippen LogP contribution in [-0.2, 0) is 28.9 Å². The van der Waals surface area contributed by atoms with Gasteiger partial charge in [-0.15, -0.1) is 11.8 Å². The van der Waals surface area contributed by atoms with E-state index in [0.717, 1.165) is 33.4 Å². The minimum Gasteiger partial charge on any atom is -0.457 e. The highest BCUT2D eigenvalue weighted by Gasteiger charge is 2.28. The number of benzene rings is 4. The summed E-state index contributed by atoms with van der Waals surface area (Å²) in [7, 11) is -3.23. The maximum Gasteiger partial charge on any atom is 0.339 e. The first-order valence-electron chi connectivity index (χ1n) is 13.1. The molecule has 0 aromatic heterocycles. The highest BCUT2D eigenvalue weighted by atomic mass is 32.2.